The number of likely N-dealkylation sites (tertiary alicyclic amines) is 1. The molecule has 0 aliphatic carbocycles. The van der Waals surface area contributed by atoms with E-state index in [4.69, 9.17) is 9.72 Å². The number of anilines is 4. The summed E-state index contributed by atoms with van der Waals surface area (Å²) < 4.78 is 7.46. The van der Waals surface area contributed by atoms with Gasteiger partial charge in [0.1, 0.15) is 0 Å². The molecule has 11 heteroatoms. The first-order valence-corrected chi connectivity index (χ1v) is 12.3. The van der Waals surface area contributed by atoms with Gasteiger partial charge in [-0.2, -0.15) is 10.1 Å². The Morgan fingerprint density at radius 2 is 2.11 bits per heavy atom. The Hall–Kier alpha value is -3.18. The average molecular weight is 484 g/mol. The number of amides is 1. The van der Waals surface area contributed by atoms with E-state index in [2.05, 4.69) is 51.2 Å². The minimum atomic E-state index is -0.0301. The zero-order chi connectivity index (χ0) is 24.6. The minimum absolute atomic E-state index is 0.0301. The number of hydrogen-bond acceptors (Lipinski definition) is 9. The largest absolute Gasteiger partial charge is 0.378 e. The van der Waals surface area contributed by atoms with E-state index in [-0.39, 0.29) is 11.9 Å². The molecule has 0 spiro atoms. The highest BCUT2D eigenvalue weighted by molar-refractivity contribution is 5.87. The summed E-state index contributed by atoms with van der Waals surface area (Å²) in [5.41, 5.74) is 1.80. The molecule has 1 amide bonds. The average Bonchev–Trinajstić information content (AvgIpc) is 3.31. The second-order valence-corrected chi connectivity index (χ2v) is 9.27. The molecule has 2 aromatic rings. The van der Waals surface area contributed by atoms with Gasteiger partial charge in [0.05, 0.1) is 37.0 Å². The van der Waals surface area contributed by atoms with E-state index < -0.39 is 0 Å². The van der Waals surface area contributed by atoms with Gasteiger partial charge in [-0.1, -0.05) is 6.58 Å². The Morgan fingerprint density at radius 1 is 1.29 bits per heavy atom. The lowest BCUT2D eigenvalue weighted by molar-refractivity contribution is -0.127. The third-order valence-corrected chi connectivity index (χ3v) is 6.25. The second-order valence-electron chi connectivity index (χ2n) is 9.27. The van der Waals surface area contributed by atoms with Gasteiger partial charge in [0, 0.05) is 45.0 Å². The molecule has 2 aliphatic heterocycles. The van der Waals surface area contributed by atoms with Crippen molar-refractivity contribution in [2.75, 3.05) is 75.6 Å². The topological polar surface area (TPSA) is 104 Å². The number of aryl methyl sites for hydroxylation is 1. The number of morpholine rings is 1. The van der Waals surface area contributed by atoms with E-state index in [0.29, 0.717) is 25.7 Å². The van der Waals surface area contributed by atoms with E-state index in [0.717, 1.165) is 69.2 Å². The van der Waals surface area contributed by atoms with Crippen LogP contribution in [0.15, 0.2) is 31.2 Å². The number of carbonyl (C=O) groups is 1. The molecule has 2 aromatic heterocycles. The molecular formula is C24H37N9O2. The molecule has 2 saturated heterocycles. The van der Waals surface area contributed by atoms with Crippen molar-refractivity contribution in [2.45, 2.75) is 31.8 Å². The maximum atomic E-state index is 12.1. The highest BCUT2D eigenvalue weighted by Crippen LogP contribution is 2.28. The molecule has 0 saturated carbocycles. The van der Waals surface area contributed by atoms with Gasteiger partial charge >= 0.3 is 0 Å². The molecule has 0 radical (unpaired) electrons. The number of rotatable bonds is 10. The molecule has 1 atom stereocenters. The van der Waals surface area contributed by atoms with Crippen LogP contribution in [0.5, 0.6) is 0 Å². The van der Waals surface area contributed by atoms with Gasteiger partial charge in [-0.15, -0.1) is 0 Å². The van der Waals surface area contributed by atoms with E-state index in [1.54, 1.807) is 6.20 Å². The first-order chi connectivity index (χ1) is 17.0. The van der Waals surface area contributed by atoms with Crippen LogP contribution in [0.3, 0.4) is 0 Å². The van der Waals surface area contributed by atoms with E-state index >= 15 is 0 Å². The first-order valence-electron chi connectivity index (χ1n) is 12.3. The van der Waals surface area contributed by atoms with Crippen molar-refractivity contribution in [2.24, 2.45) is 0 Å². The summed E-state index contributed by atoms with van der Waals surface area (Å²) in [5.74, 6) is 1.24. The van der Waals surface area contributed by atoms with Crippen molar-refractivity contribution in [1.82, 2.24) is 29.5 Å². The standard InChI is InChI=1S/C24H37N9O2/c1-4-22(34)32-9-5-7-19(17-32)27-23-21(31-11-13-35-14-12-31)16-25-24(29-23)28-20-15-26-33(18-20)10-6-8-30(2)3/h4,15-16,18-19H,1,5-14,17H2,2-3H3,(H2,25,27,28,29)/t19-/m0/s1. The third kappa shape index (κ3) is 6.92. The van der Waals surface area contributed by atoms with Crippen molar-refractivity contribution in [3.63, 3.8) is 0 Å². The molecule has 11 nitrogen and oxygen atoms in total. The van der Waals surface area contributed by atoms with Crippen LogP contribution in [0.25, 0.3) is 0 Å². The van der Waals surface area contributed by atoms with E-state index in [1.807, 2.05) is 22.0 Å². The molecule has 0 aromatic carbocycles. The Bertz CT molecular complexity index is 987. The maximum absolute atomic E-state index is 12.1. The summed E-state index contributed by atoms with van der Waals surface area (Å²) in [6.45, 7) is 9.81. The van der Waals surface area contributed by atoms with Gasteiger partial charge in [0.15, 0.2) is 5.82 Å². The van der Waals surface area contributed by atoms with Crippen LogP contribution < -0.4 is 15.5 Å². The zero-order valence-corrected chi connectivity index (χ0v) is 20.8. The smallest absolute Gasteiger partial charge is 0.246 e. The Balaban J connectivity index is 1.48. The normalized spacial score (nSPS) is 18.5. The summed E-state index contributed by atoms with van der Waals surface area (Å²) in [6, 6.07) is 0.106. The SMILES string of the molecule is C=CC(=O)N1CCC[C@H](Nc2nc(Nc3cnn(CCCN(C)C)c3)ncc2N2CCOCC2)C1. The Morgan fingerprint density at radius 3 is 2.89 bits per heavy atom. The van der Waals surface area contributed by atoms with Crippen molar-refractivity contribution in [3.8, 4) is 0 Å². The Kier molecular flexibility index (Phi) is 8.54. The highest BCUT2D eigenvalue weighted by atomic mass is 16.5. The number of ether oxygens (including phenoxy) is 1. The molecular weight excluding hydrogens is 446 g/mol. The molecule has 0 bridgehead atoms. The van der Waals surface area contributed by atoms with Crippen LogP contribution in [0.1, 0.15) is 19.3 Å². The predicted molar refractivity (Wildman–Crippen MR) is 137 cm³/mol. The first kappa shape index (κ1) is 24.9. The highest BCUT2D eigenvalue weighted by Gasteiger charge is 2.25. The number of piperidine rings is 1. The van der Waals surface area contributed by atoms with Crippen LogP contribution >= 0.6 is 0 Å². The van der Waals surface area contributed by atoms with Gasteiger partial charge in [0.2, 0.25) is 11.9 Å². The van der Waals surface area contributed by atoms with Gasteiger partial charge in [0.25, 0.3) is 0 Å². The molecule has 2 fully saturated rings. The quantitative estimate of drug-likeness (QED) is 0.490. The number of carbonyl (C=O) groups excluding carboxylic acids is 1. The number of nitrogens with one attached hydrogen (secondary N) is 2. The summed E-state index contributed by atoms with van der Waals surface area (Å²) >= 11 is 0. The fraction of sp³-hybridized carbons (Fsp3) is 0.583. The Labute approximate surface area is 207 Å². The van der Waals surface area contributed by atoms with Crippen LogP contribution in [-0.2, 0) is 16.1 Å². The zero-order valence-electron chi connectivity index (χ0n) is 20.8. The molecule has 35 heavy (non-hydrogen) atoms. The minimum Gasteiger partial charge on any atom is -0.378 e. The summed E-state index contributed by atoms with van der Waals surface area (Å²) in [5, 5.41) is 11.3. The molecule has 0 unspecified atom stereocenters. The van der Waals surface area contributed by atoms with Crippen molar-refractivity contribution < 1.29 is 9.53 Å². The van der Waals surface area contributed by atoms with Crippen molar-refractivity contribution in [3.05, 3.63) is 31.2 Å². The lowest BCUT2D eigenvalue weighted by atomic mass is 10.1. The molecule has 2 N–H and O–H groups in total. The predicted octanol–water partition coefficient (Wildman–Crippen LogP) is 1.79. The van der Waals surface area contributed by atoms with Gasteiger partial charge in [-0.3, -0.25) is 9.48 Å². The van der Waals surface area contributed by atoms with Crippen LogP contribution in [-0.4, -0.2) is 102 Å². The van der Waals surface area contributed by atoms with E-state index in [9.17, 15) is 4.79 Å². The number of hydrogen-bond donors (Lipinski definition) is 2. The number of aromatic nitrogens is 4. The lowest BCUT2D eigenvalue weighted by Gasteiger charge is -2.35. The molecule has 190 valence electrons. The molecule has 2 aliphatic rings. The van der Waals surface area contributed by atoms with Crippen LogP contribution in [0, 0.1) is 0 Å². The maximum Gasteiger partial charge on any atom is 0.246 e. The van der Waals surface area contributed by atoms with Crippen molar-refractivity contribution in [1.29, 1.82) is 0 Å². The fourth-order valence-electron chi connectivity index (χ4n) is 4.42. The van der Waals surface area contributed by atoms with Crippen LogP contribution in [0.2, 0.25) is 0 Å². The summed E-state index contributed by atoms with van der Waals surface area (Å²) in [4.78, 5) is 27.8. The van der Waals surface area contributed by atoms with E-state index in [1.165, 1.54) is 6.08 Å². The van der Waals surface area contributed by atoms with Gasteiger partial charge in [-0.05, 0) is 46.0 Å². The fourth-order valence-corrected chi connectivity index (χ4v) is 4.42. The number of nitrogens with zero attached hydrogens (tertiary/aromatic N) is 7. The molecule has 4 rings (SSSR count). The second kappa shape index (κ2) is 12.0. The van der Waals surface area contributed by atoms with Gasteiger partial charge in [-0.25, -0.2) is 4.98 Å². The monoisotopic (exact) mass is 483 g/mol. The summed E-state index contributed by atoms with van der Waals surface area (Å²) in [7, 11) is 4.14. The molecule has 4 heterocycles. The third-order valence-electron chi connectivity index (χ3n) is 6.25. The van der Waals surface area contributed by atoms with Crippen molar-refractivity contribution >= 4 is 29.0 Å². The van der Waals surface area contributed by atoms with Gasteiger partial charge < -0.3 is 30.1 Å². The summed E-state index contributed by atoms with van der Waals surface area (Å²) in [6.07, 6.45) is 9.95. The van der Waals surface area contributed by atoms with Crippen LogP contribution in [0.4, 0.5) is 23.1 Å². The lowest BCUT2D eigenvalue weighted by Crippen LogP contribution is -2.45.